The lowest BCUT2D eigenvalue weighted by Crippen LogP contribution is -2.44. The van der Waals surface area contributed by atoms with Crippen molar-refractivity contribution in [2.45, 2.75) is 19.3 Å². The summed E-state index contributed by atoms with van der Waals surface area (Å²) in [4.78, 5) is 49.4. The number of carbonyl (C=O) groups is 2. The van der Waals surface area contributed by atoms with Crippen LogP contribution in [0.5, 0.6) is 0 Å². The lowest BCUT2D eigenvalue weighted by molar-refractivity contribution is -0.148. The van der Waals surface area contributed by atoms with E-state index in [1.54, 1.807) is 18.2 Å². The Balaban J connectivity index is 2.23. The third-order valence-corrected chi connectivity index (χ3v) is 5.70. The normalized spacial score (nSPS) is 11.9. The van der Waals surface area contributed by atoms with Crippen LogP contribution >= 0.6 is 7.14 Å². The Labute approximate surface area is 179 Å². The smallest absolute Gasteiger partial charge is 0.342 e. The first-order valence-electron chi connectivity index (χ1n) is 9.20. The minimum atomic E-state index is -2.92. The average molecular weight is 446 g/mol. The maximum atomic E-state index is 12.7. The van der Waals surface area contributed by atoms with Crippen LogP contribution in [-0.4, -0.2) is 53.9 Å². The standard InChI is InChI=1S/C21H23N2O7P/c1-15-14-22(12-8-9-13-30-20(19(26)29-2)31(3,4)28)21(27)23(17(15)24)18(25)16-10-6-5-7-11-16/h5-7,10-11,14,20H,12-13H2,1-4H3. The van der Waals surface area contributed by atoms with E-state index in [0.717, 1.165) is 4.57 Å². The maximum Gasteiger partial charge on any atom is 0.342 e. The Hall–Kier alpha value is -3.21. The summed E-state index contributed by atoms with van der Waals surface area (Å²) in [5.74, 6) is 2.58. The van der Waals surface area contributed by atoms with Gasteiger partial charge in [-0.05, 0) is 32.4 Å². The molecule has 0 bridgehead atoms. The molecule has 0 amide bonds. The van der Waals surface area contributed by atoms with Gasteiger partial charge in [0.25, 0.3) is 11.5 Å². The van der Waals surface area contributed by atoms with Gasteiger partial charge in [0, 0.05) is 17.3 Å². The van der Waals surface area contributed by atoms with Crippen LogP contribution in [0.2, 0.25) is 0 Å². The highest BCUT2D eigenvalue weighted by Gasteiger charge is 2.32. The molecule has 0 fully saturated rings. The van der Waals surface area contributed by atoms with Crippen LogP contribution in [0.15, 0.2) is 46.1 Å². The molecule has 2 aromatic rings. The summed E-state index contributed by atoms with van der Waals surface area (Å²) in [7, 11) is -1.75. The number of carbonyl (C=O) groups excluding carboxylic acids is 2. The van der Waals surface area contributed by atoms with Gasteiger partial charge in [-0.1, -0.05) is 30.0 Å². The minimum Gasteiger partial charge on any atom is -0.467 e. The molecule has 0 aliphatic rings. The quantitative estimate of drug-likeness (QED) is 0.372. The van der Waals surface area contributed by atoms with Crippen molar-refractivity contribution in [1.82, 2.24) is 9.13 Å². The summed E-state index contributed by atoms with van der Waals surface area (Å²) in [5.41, 5.74) is -1.12. The van der Waals surface area contributed by atoms with E-state index in [1.807, 2.05) is 0 Å². The third kappa shape index (κ3) is 5.91. The molecule has 1 aromatic heterocycles. The highest BCUT2D eigenvalue weighted by Crippen LogP contribution is 2.43. The van der Waals surface area contributed by atoms with Gasteiger partial charge in [0.15, 0.2) is 0 Å². The first-order chi connectivity index (χ1) is 14.6. The zero-order chi connectivity index (χ0) is 23.2. The number of nitrogens with zero attached hydrogens (tertiary/aromatic N) is 2. The monoisotopic (exact) mass is 446 g/mol. The van der Waals surface area contributed by atoms with E-state index in [4.69, 9.17) is 4.74 Å². The SMILES string of the molecule is COC(=O)C(OCC#CCn1cc(C)c(=O)n(C(=O)c2ccccc2)c1=O)P(C)(C)=O. The summed E-state index contributed by atoms with van der Waals surface area (Å²) in [6.45, 7) is 3.95. The highest BCUT2D eigenvalue weighted by molar-refractivity contribution is 7.63. The molecule has 31 heavy (non-hydrogen) atoms. The molecule has 1 heterocycles. The summed E-state index contributed by atoms with van der Waals surface area (Å²) in [6, 6.07) is 7.99. The van der Waals surface area contributed by atoms with Crippen molar-refractivity contribution >= 4 is 19.0 Å². The molecule has 9 nitrogen and oxygen atoms in total. The molecule has 0 saturated heterocycles. The van der Waals surface area contributed by atoms with E-state index in [9.17, 15) is 23.7 Å². The van der Waals surface area contributed by atoms with Crippen molar-refractivity contribution in [3.63, 3.8) is 0 Å². The van der Waals surface area contributed by atoms with Gasteiger partial charge < -0.3 is 14.0 Å². The molecule has 0 saturated carbocycles. The Morgan fingerprint density at radius 1 is 1.13 bits per heavy atom. The van der Waals surface area contributed by atoms with Crippen molar-refractivity contribution in [3.8, 4) is 11.8 Å². The van der Waals surface area contributed by atoms with E-state index >= 15 is 0 Å². The van der Waals surface area contributed by atoms with E-state index in [0.29, 0.717) is 4.57 Å². The molecule has 0 spiro atoms. The number of rotatable bonds is 6. The van der Waals surface area contributed by atoms with E-state index in [-0.39, 0.29) is 24.3 Å². The predicted octanol–water partition coefficient (Wildman–Crippen LogP) is 1.15. The largest absolute Gasteiger partial charge is 0.467 e. The molecule has 164 valence electrons. The second-order valence-electron chi connectivity index (χ2n) is 7.01. The van der Waals surface area contributed by atoms with Crippen molar-refractivity contribution in [2.75, 3.05) is 27.0 Å². The second-order valence-corrected chi connectivity index (χ2v) is 10.3. The number of ether oxygens (including phenoxy) is 2. The summed E-state index contributed by atoms with van der Waals surface area (Å²) in [6.07, 6.45) is 1.32. The molecule has 0 N–H and O–H groups in total. The topological polar surface area (TPSA) is 114 Å². The van der Waals surface area contributed by atoms with Gasteiger partial charge in [0.2, 0.25) is 5.85 Å². The molecule has 1 atom stereocenters. The third-order valence-electron chi connectivity index (χ3n) is 4.21. The summed E-state index contributed by atoms with van der Waals surface area (Å²) in [5, 5.41) is 0. The van der Waals surface area contributed by atoms with E-state index in [1.165, 1.54) is 45.7 Å². The Morgan fingerprint density at radius 2 is 1.77 bits per heavy atom. The molecule has 0 aliphatic heterocycles. The molecule has 1 aromatic carbocycles. The van der Waals surface area contributed by atoms with Gasteiger partial charge in [-0.25, -0.2) is 9.59 Å². The van der Waals surface area contributed by atoms with Crippen LogP contribution < -0.4 is 11.2 Å². The molecule has 0 radical (unpaired) electrons. The van der Waals surface area contributed by atoms with Crippen molar-refractivity contribution in [3.05, 3.63) is 68.5 Å². The Bertz CT molecular complexity index is 1200. The lowest BCUT2D eigenvalue weighted by Gasteiger charge is -2.17. The molecular formula is C21H23N2O7P. The van der Waals surface area contributed by atoms with Crippen LogP contribution in [-0.2, 0) is 25.4 Å². The predicted molar refractivity (Wildman–Crippen MR) is 115 cm³/mol. The fourth-order valence-electron chi connectivity index (χ4n) is 2.65. The first kappa shape index (κ1) is 24.1. The summed E-state index contributed by atoms with van der Waals surface area (Å²) >= 11 is 0. The molecule has 1 unspecified atom stereocenters. The lowest BCUT2D eigenvalue weighted by atomic mass is 10.2. The zero-order valence-corrected chi connectivity index (χ0v) is 18.5. The van der Waals surface area contributed by atoms with Gasteiger partial charge in [-0.3, -0.25) is 14.2 Å². The van der Waals surface area contributed by atoms with Gasteiger partial charge >= 0.3 is 11.7 Å². The van der Waals surface area contributed by atoms with Crippen LogP contribution in [0.4, 0.5) is 0 Å². The zero-order valence-electron chi connectivity index (χ0n) is 17.7. The van der Waals surface area contributed by atoms with Gasteiger partial charge in [0.05, 0.1) is 13.7 Å². The maximum absolute atomic E-state index is 12.7. The van der Waals surface area contributed by atoms with Gasteiger partial charge in [-0.2, -0.15) is 4.57 Å². The summed E-state index contributed by atoms with van der Waals surface area (Å²) < 4.78 is 23.7. The van der Waals surface area contributed by atoms with E-state index in [2.05, 4.69) is 16.6 Å². The van der Waals surface area contributed by atoms with E-state index < -0.39 is 36.1 Å². The number of hydrogen-bond acceptors (Lipinski definition) is 7. The minimum absolute atomic E-state index is 0.121. The van der Waals surface area contributed by atoms with Crippen LogP contribution in [0.25, 0.3) is 0 Å². The Morgan fingerprint density at radius 3 is 2.35 bits per heavy atom. The average Bonchev–Trinajstić information content (AvgIpc) is 2.73. The first-order valence-corrected chi connectivity index (χ1v) is 11.9. The molecule has 10 heteroatoms. The fourth-order valence-corrected chi connectivity index (χ4v) is 3.70. The van der Waals surface area contributed by atoms with Crippen LogP contribution in [0, 0.1) is 18.8 Å². The second kappa shape index (κ2) is 10.2. The van der Waals surface area contributed by atoms with Gasteiger partial charge in [-0.15, -0.1) is 0 Å². The van der Waals surface area contributed by atoms with Crippen molar-refractivity contribution < 1.29 is 23.6 Å². The van der Waals surface area contributed by atoms with Crippen molar-refractivity contribution in [1.29, 1.82) is 0 Å². The number of benzene rings is 1. The van der Waals surface area contributed by atoms with Crippen LogP contribution in [0.3, 0.4) is 0 Å². The highest BCUT2D eigenvalue weighted by atomic mass is 31.2. The number of hydrogen-bond donors (Lipinski definition) is 0. The van der Waals surface area contributed by atoms with Crippen molar-refractivity contribution in [2.24, 2.45) is 0 Å². The number of methoxy groups -OCH3 is 1. The molecule has 2 rings (SSSR count). The number of esters is 1. The Kier molecular flexibility index (Phi) is 7.92. The number of aromatic nitrogens is 2. The van der Waals surface area contributed by atoms with Gasteiger partial charge in [0.1, 0.15) is 13.7 Å². The molecule has 0 aliphatic carbocycles. The molecular weight excluding hydrogens is 423 g/mol. The van der Waals surface area contributed by atoms with Crippen LogP contribution in [0.1, 0.15) is 15.9 Å². The number of aryl methyl sites for hydroxylation is 1. The fraction of sp³-hybridized carbons (Fsp3) is 0.333.